The summed E-state index contributed by atoms with van der Waals surface area (Å²) in [6.45, 7) is 3.23. The molecule has 0 unspecified atom stereocenters. The van der Waals surface area contributed by atoms with Crippen LogP contribution in [0.1, 0.15) is 6.42 Å². The summed E-state index contributed by atoms with van der Waals surface area (Å²) in [7, 11) is 0. The second-order valence-electron chi connectivity index (χ2n) is 3.90. The van der Waals surface area contributed by atoms with Crippen LogP contribution < -0.4 is 5.32 Å². The number of ether oxygens (including phenoxy) is 1. The Morgan fingerprint density at radius 3 is 2.94 bits per heavy atom. The van der Waals surface area contributed by atoms with E-state index in [9.17, 15) is 4.79 Å². The molecule has 0 spiro atoms. The molecule has 6 nitrogen and oxygen atoms in total. The number of hydrogen-bond acceptors (Lipinski definition) is 5. The summed E-state index contributed by atoms with van der Waals surface area (Å²) >= 11 is 3.27. The Labute approximate surface area is 114 Å². The number of carbonyl (C=O) groups excluding carboxylic acids is 1. The molecule has 98 valence electrons. The highest BCUT2D eigenvalue weighted by atomic mass is 79.9. The zero-order valence-corrected chi connectivity index (χ0v) is 11.5. The molecule has 1 N–H and O–H groups in total. The fourth-order valence-electron chi connectivity index (χ4n) is 1.70. The Kier molecular flexibility index (Phi) is 4.89. The zero-order chi connectivity index (χ0) is 12.8. The molecule has 2 heterocycles. The third kappa shape index (κ3) is 3.92. The first kappa shape index (κ1) is 13.2. The van der Waals surface area contributed by atoms with Crippen LogP contribution in [0.15, 0.2) is 17.0 Å². The van der Waals surface area contributed by atoms with E-state index in [1.54, 1.807) is 6.07 Å². The average Bonchev–Trinajstić information content (AvgIpc) is 2.40. The van der Waals surface area contributed by atoms with Crippen molar-refractivity contribution in [1.82, 2.24) is 14.9 Å². The molecular weight excluding hydrogens is 300 g/mol. The summed E-state index contributed by atoms with van der Waals surface area (Å²) in [4.78, 5) is 21.7. The normalized spacial score (nSPS) is 15.5. The third-order valence-electron chi connectivity index (χ3n) is 2.64. The second kappa shape index (κ2) is 6.65. The molecule has 0 radical (unpaired) electrons. The lowest BCUT2D eigenvalue weighted by Gasteiger charge is -2.26. The SMILES string of the molecule is O=C(CCNc1cc(Br)ncn1)N1CCOCC1. The molecule has 18 heavy (non-hydrogen) atoms. The number of aromatic nitrogens is 2. The molecular formula is C11H15BrN4O2. The predicted molar refractivity (Wildman–Crippen MR) is 70.2 cm³/mol. The first-order chi connectivity index (χ1) is 8.75. The van der Waals surface area contributed by atoms with Crippen molar-refractivity contribution in [2.24, 2.45) is 0 Å². The van der Waals surface area contributed by atoms with Crippen molar-refractivity contribution in [2.45, 2.75) is 6.42 Å². The van der Waals surface area contributed by atoms with Crippen molar-refractivity contribution >= 4 is 27.7 Å². The summed E-state index contributed by atoms with van der Waals surface area (Å²) in [5.41, 5.74) is 0. The van der Waals surface area contributed by atoms with Gasteiger partial charge in [-0.2, -0.15) is 0 Å². The Morgan fingerprint density at radius 1 is 1.44 bits per heavy atom. The summed E-state index contributed by atoms with van der Waals surface area (Å²) < 4.78 is 5.93. The minimum Gasteiger partial charge on any atom is -0.378 e. The van der Waals surface area contributed by atoms with Gasteiger partial charge in [0.1, 0.15) is 16.7 Å². The molecule has 0 aliphatic carbocycles. The van der Waals surface area contributed by atoms with Gasteiger partial charge in [-0.3, -0.25) is 4.79 Å². The molecule has 7 heteroatoms. The van der Waals surface area contributed by atoms with Gasteiger partial charge in [-0.15, -0.1) is 0 Å². The maximum atomic E-state index is 11.8. The van der Waals surface area contributed by atoms with Gasteiger partial charge in [0.15, 0.2) is 0 Å². The van der Waals surface area contributed by atoms with Gasteiger partial charge in [0.25, 0.3) is 0 Å². The summed E-state index contributed by atoms with van der Waals surface area (Å²) in [6, 6.07) is 1.78. The Hall–Kier alpha value is -1.21. The molecule has 0 bridgehead atoms. The number of nitrogens with zero attached hydrogens (tertiary/aromatic N) is 3. The minimum absolute atomic E-state index is 0.152. The van der Waals surface area contributed by atoms with E-state index in [1.807, 2.05) is 4.90 Å². The number of halogens is 1. The number of nitrogens with one attached hydrogen (secondary N) is 1. The number of anilines is 1. The topological polar surface area (TPSA) is 67.4 Å². The van der Waals surface area contributed by atoms with Gasteiger partial charge < -0.3 is 15.0 Å². The highest BCUT2D eigenvalue weighted by Gasteiger charge is 2.15. The Bertz CT molecular complexity index is 410. The first-order valence-corrected chi connectivity index (χ1v) is 6.62. The van der Waals surface area contributed by atoms with Crippen molar-refractivity contribution in [3.8, 4) is 0 Å². The van der Waals surface area contributed by atoms with E-state index in [-0.39, 0.29) is 5.91 Å². The average molecular weight is 315 g/mol. The highest BCUT2D eigenvalue weighted by Crippen LogP contribution is 2.09. The predicted octanol–water partition coefficient (Wildman–Crippen LogP) is 0.900. The van der Waals surface area contributed by atoms with Gasteiger partial charge in [0.2, 0.25) is 5.91 Å². The van der Waals surface area contributed by atoms with Crippen LogP contribution in [0.3, 0.4) is 0 Å². The van der Waals surface area contributed by atoms with Crippen molar-refractivity contribution in [3.63, 3.8) is 0 Å². The van der Waals surface area contributed by atoms with E-state index in [4.69, 9.17) is 4.74 Å². The molecule has 1 amide bonds. The Balaban J connectivity index is 1.73. The van der Waals surface area contributed by atoms with Crippen molar-refractivity contribution in [2.75, 3.05) is 38.2 Å². The van der Waals surface area contributed by atoms with Crippen LogP contribution >= 0.6 is 15.9 Å². The molecule has 1 aromatic rings. The van der Waals surface area contributed by atoms with E-state index >= 15 is 0 Å². The number of carbonyl (C=O) groups is 1. The number of morpholine rings is 1. The quantitative estimate of drug-likeness (QED) is 0.836. The van der Waals surface area contributed by atoms with Crippen LogP contribution in [0.4, 0.5) is 5.82 Å². The fraction of sp³-hybridized carbons (Fsp3) is 0.545. The maximum absolute atomic E-state index is 11.8. The lowest BCUT2D eigenvalue weighted by Crippen LogP contribution is -2.41. The maximum Gasteiger partial charge on any atom is 0.224 e. The molecule has 1 aliphatic rings. The monoisotopic (exact) mass is 314 g/mol. The van der Waals surface area contributed by atoms with Crippen molar-refractivity contribution in [3.05, 3.63) is 17.0 Å². The highest BCUT2D eigenvalue weighted by molar-refractivity contribution is 9.10. The first-order valence-electron chi connectivity index (χ1n) is 5.82. The van der Waals surface area contributed by atoms with Gasteiger partial charge in [-0.25, -0.2) is 9.97 Å². The lowest BCUT2D eigenvalue weighted by atomic mass is 10.3. The van der Waals surface area contributed by atoms with Crippen molar-refractivity contribution < 1.29 is 9.53 Å². The van der Waals surface area contributed by atoms with E-state index in [2.05, 4.69) is 31.2 Å². The second-order valence-corrected chi connectivity index (χ2v) is 4.71. The molecule has 2 rings (SSSR count). The standard InChI is InChI=1S/C11H15BrN4O2/c12-9-7-10(15-8-14-9)13-2-1-11(17)16-3-5-18-6-4-16/h7-8H,1-6H2,(H,13,14,15). The smallest absolute Gasteiger partial charge is 0.224 e. The zero-order valence-electron chi connectivity index (χ0n) is 9.93. The van der Waals surface area contributed by atoms with Crippen LogP contribution in [0, 0.1) is 0 Å². The molecule has 0 atom stereocenters. The fourth-order valence-corrected chi connectivity index (χ4v) is 2.01. The third-order valence-corrected chi connectivity index (χ3v) is 3.08. The van der Waals surface area contributed by atoms with Gasteiger partial charge in [-0.05, 0) is 15.9 Å². The minimum atomic E-state index is 0.152. The summed E-state index contributed by atoms with van der Waals surface area (Å²) in [5, 5.41) is 3.10. The molecule has 1 saturated heterocycles. The van der Waals surface area contributed by atoms with E-state index in [1.165, 1.54) is 6.33 Å². The number of hydrogen-bond donors (Lipinski definition) is 1. The van der Waals surface area contributed by atoms with Crippen molar-refractivity contribution in [1.29, 1.82) is 0 Å². The van der Waals surface area contributed by atoms with Crippen LogP contribution in [-0.4, -0.2) is 53.6 Å². The molecule has 1 aliphatic heterocycles. The number of amides is 1. The molecule has 1 aromatic heterocycles. The van der Waals surface area contributed by atoms with Crippen LogP contribution in [0.2, 0.25) is 0 Å². The summed E-state index contributed by atoms with van der Waals surface area (Å²) in [5.74, 6) is 0.866. The summed E-state index contributed by atoms with van der Waals surface area (Å²) in [6.07, 6.45) is 1.93. The molecule has 1 fully saturated rings. The van der Waals surface area contributed by atoms with Gasteiger partial charge in [0, 0.05) is 32.1 Å². The Morgan fingerprint density at radius 2 is 2.22 bits per heavy atom. The van der Waals surface area contributed by atoms with Gasteiger partial charge in [0.05, 0.1) is 13.2 Å². The number of rotatable bonds is 4. The van der Waals surface area contributed by atoms with E-state index in [0.29, 0.717) is 45.1 Å². The van der Waals surface area contributed by atoms with E-state index < -0.39 is 0 Å². The molecule has 0 aromatic carbocycles. The van der Waals surface area contributed by atoms with Gasteiger partial charge >= 0.3 is 0 Å². The van der Waals surface area contributed by atoms with Crippen LogP contribution in [0.5, 0.6) is 0 Å². The lowest BCUT2D eigenvalue weighted by molar-refractivity contribution is -0.134. The largest absolute Gasteiger partial charge is 0.378 e. The van der Waals surface area contributed by atoms with Crippen LogP contribution in [0.25, 0.3) is 0 Å². The van der Waals surface area contributed by atoms with E-state index in [0.717, 1.165) is 4.60 Å². The van der Waals surface area contributed by atoms with Gasteiger partial charge in [-0.1, -0.05) is 0 Å². The van der Waals surface area contributed by atoms with Crippen LogP contribution in [-0.2, 0) is 9.53 Å². The molecule has 0 saturated carbocycles.